The number of rotatable bonds is 5. The molecule has 4 heterocycles. The van der Waals surface area contributed by atoms with Crippen molar-refractivity contribution < 1.29 is 0 Å². The fourth-order valence-corrected chi connectivity index (χ4v) is 9.04. The Hall–Kier alpha value is -7.69. The van der Waals surface area contributed by atoms with Crippen molar-refractivity contribution in [3.8, 4) is 39.6 Å². The standard InChI is InChI=1S/C53H34N4/c1-4-14-35(15-5-1)38-30-47(36-16-6-2-7-17-36)54-53(32-38)57-50-23-13-11-20-41(50)45-33-40(25-27-51(45)57)56-49-22-12-10-21-42(49)46-34-44-37(31-52(46)56)24-26-48-43(44)28-29-55(48)39-18-8-3-9-19-39/h1-34H. The number of hydrogen-bond donors (Lipinski definition) is 0. The molecule has 0 fully saturated rings. The largest absolute Gasteiger partial charge is 0.317 e. The van der Waals surface area contributed by atoms with Gasteiger partial charge in [0.1, 0.15) is 5.82 Å². The average molecular weight is 727 g/mol. The minimum absolute atomic E-state index is 0.893. The van der Waals surface area contributed by atoms with Crippen LogP contribution in [0.5, 0.6) is 0 Å². The van der Waals surface area contributed by atoms with Crippen molar-refractivity contribution in [2.75, 3.05) is 0 Å². The fraction of sp³-hybridized carbons (Fsp3) is 0. The summed E-state index contributed by atoms with van der Waals surface area (Å²) in [7, 11) is 0. The minimum atomic E-state index is 0.893. The molecule has 266 valence electrons. The number of nitrogens with zero attached hydrogens (tertiary/aromatic N) is 4. The van der Waals surface area contributed by atoms with Crippen molar-refractivity contribution in [3.63, 3.8) is 0 Å². The van der Waals surface area contributed by atoms with Crippen LogP contribution in [0.25, 0.3) is 105 Å². The average Bonchev–Trinajstić information content (AvgIpc) is 3.96. The normalized spacial score (nSPS) is 11.9. The SMILES string of the molecule is c1ccc(-c2cc(-c3ccccc3)nc(-n3c4ccccc4c4cc(-n5c6ccccc6c6cc7c(ccc8c7ccn8-c7ccccc7)cc65)ccc43)c2)cc1. The second-order valence-corrected chi connectivity index (χ2v) is 14.8. The molecule has 0 amide bonds. The summed E-state index contributed by atoms with van der Waals surface area (Å²) in [4.78, 5) is 5.35. The lowest BCUT2D eigenvalue weighted by molar-refractivity contribution is 1.08. The highest BCUT2D eigenvalue weighted by Crippen LogP contribution is 2.40. The lowest BCUT2D eigenvalue weighted by Gasteiger charge is -2.13. The maximum absolute atomic E-state index is 5.35. The van der Waals surface area contributed by atoms with Crippen LogP contribution in [0.2, 0.25) is 0 Å². The van der Waals surface area contributed by atoms with Gasteiger partial charge in [-0.2, -0.15) is 0 Å². The van der Waals surface area contributed by atoms with E-state index in [1.54, 1.807) is 0 Å². The summed E-state index contributed by atoms with van der Waals surface area (Å²) >= 11 is 0. The molecule has 0 aliphatic carbocycles. The Morgan fingerprint density at radius 2 is 0.912 bits per heavy atom. The smallest absolute Gasteiger partial charge is 0.138 e. The molecule has 4 heteroatoms. The highest BCUT2D eigenvalue weighted by atomic mass is 15.1. The molecule has 0 bridgehead atoms. The van der Waals surface area contributed by atoms with E-state index in [2.05, 4.69) is 220 Å². The third-order valence-corrected chi connectivity index (χ3v) is 11.6. The zero-order valence-corrected chi connectivity index (χ0v) is 30.9. The van der Waals surface area contributed by atoms with Gasteiger partial charge in [0.15, 0.2) is 0 Å². The third-order valence-electron chi connectivity index (χ3n) is 11.6. The van der Waals surface area contributed by atoms with Crippen LogP contribution in [-0.4, -0.2) is 18.7 Å². The van der Waals surface area contributed by atoms with E-state index in [9.17, 15) is 0 Å². The Balaban J connectivity index is 1.08. The van der Waals surface area contributed by atoms with Gasteiger partial charge in [0.2, 0.25) is 0 Å². The first-order valence-electron chi connectivity index (χ1n) is 19.5. The van der Waals surface area contributed by atoms with Crippen LogP contribution in [0.1, 0.15) is 0 Å². The third kappa shape index (κ3) is 4.91. The molecule has 0 aliphatic heterocycles. The van der Waals surface area contributed by atoms with Gasteiger partial charge in [-0.15, -0.1) is 0 Å². The molecule has 4 aromatic heterocycles. The van der Waals surface area contributed by atoms with Gasteiger partial charge >= 0.3 is 0 Å². The summed E-state index contributed by atoms with van der Waals surface area (Å²) < 4.78 is 7.06. The van der Waals surface area contributed by atoms with Crippen LogP contribution < -0.4 is 0 Å². The first-order valence-corrected chi connectivity index (χ1v) is 19.5. The maximum atomic E-state index is 5.35. The van der Waals surface area contributed by atoms with E-state index in [-0.39, 0.29) is 0 Å². The van der Waals surface area contributed by atoms with E-state index in [0.717, 1.165) is 50.6 Å². The Morgan fingerprint density at radius 1 is 0.316 bits per heavy atom. The molecule has 0 spiro atoms. The van der Waals surface area contributed by atoms with Crippen molar-refractivity contribution >= 4 is 65.3 Å². The second-order valence-electron chi connectivity index (χ2n) is 14.8. The molecule has 0 N–H and O–H groups in total. The number of pyridine rings is 1. The highest BCUT2D eigenvalue weighted by molar-refractivity contribution is 6.18. The molecule has 4 nitrogen and oxygen atoms in total. The summed E-state index contributed by atoms with van der Waals surface area (Å²) in [5, 5.41) is 8.61. The van der Waals surface area contributed by atoms with Crippen LogP contribution in [0.15, 0.2) is 206 Å². The molecule has 0 unspecified atom stereocenters. The van der Waals surface area contributed by atoms with Crippen LogP contribution >= 0.6 is 0 Å². The lowest BCUT2D eigenvalue weighted by Crippen LogP contribution is -2.00. The molecule has 0 saturated carbocycles. The minimum Gasteiger partial charge on any atom is -0.317 e. The van der Waals surface area contributed by atoms with Crippen molar-refractivity contribution in [2.45, 2.75) is 0 Å². The van der Waals surface area contributed by atoms with Gasteiger partial charge in [-0.05, 0) is 101 Å². The summed E-state index contributed by atoms with van der Waals surface area (Å²) in [5.74, 6) is 0.893. The van der Waals surface area contributed by atoms with Gasteiger partial charge in [-0.25, -0.2) is 4.98 Å². The monoisotopic (exact) mass is 726 g/mol. The number of hydrogen-bond acceptors (Lipinski definition) is 1. The van der Waals surface area contributed by atoms with E-state index in [1.807, 2.05) is 0 Å². The van der Waals surface area contributed by atoms with E-state index in [4.69, 9.17) is 4.98 Å². The van der Waals surface area contributed by atoms with Crippen molar-refractivity contribution in [3.05, 3.63) is 206 Å². The fourth-order valence-electron chi connectivity index (χ4n) is 9.04. The molecule has 12 aromatic rings. The van der Waals surface area contributed by atoms with Crippen molar-refractivity contribution in [1.82, 2.24) is 18.7 Å². The molecule has 8 aromatic carbocycles. The van der Waals surface area contributed by atoms with Gasteiger partial charge in [0, 0.05) is 50.1 Å². The quantitative estimate of drug-likeness (QED) is 0.174. The number of para-hydroxylation sites is 3. The molecule has 0 radical (unpaired) electrons. The van der Waals surface area contributed by atoms with E-state index < -0.39 is 0 Å². The van der Waals surface area contributed by atoms with Crippen molar-refractivity contribution in [2.24, 2.45) is 0 Å². The highest BCUT2D eigenvalue weighted by Gasteiger charge is 2.19. The van der Waals surface area contributed by atoms with E-state index in [1.165, 1.54) is 54.3 Å². The van der Waals surface area contributed by atoms with Gasteiger partial charge in [-0.3, -0.25) is 4.57 Å². The first-order chi connectivity index (χ1) is 28.3. The molecule has 57 heavy (non-hydrogen) atoms. The Kier molecular flexibility index (Phi) is 6.89. The predicted octanol–water partition coefficient (Wildman–Crippen LogP) is 13.7. The lowest BCUT2D eigenvalue weighted by atomic mass is 10.0. The molecule has 12 rings (SSSR count). The molecular weight excluding hydrogens is 693 g/mol. The van der Waals surface area contributed by atoms with Gasteiger partial charge in [-0.1, -0.05) is 121 Å². The summed E-state index contributed by atoms with van der Waals surface area (Å²) in [6, 6.07) is 72.1. The van der Waals surface area contributed by atoms with Gasteiger partial charge in [0.05, 0.1) is 33.3 Å². The van der Waals surface area contributed by atoms with E-state index >= 15 is 0 Å². The van der Waals surface area contributed by atoms with E-state index in [0.29, 0.717) is 0 Å². The molecular formula is C53H34N4. The Bertz CT molecular complexity index is 3440. The Labute approximate surface area is 328 Å². The summed E-state index contributed by atoms with van der Waals surface area (Å²) in [6.45, 7) is 0. The Morgan fingerprint density at radius 3 is 1.67 bits per heavy atom. The van der Waals surface area contributed by atoms with Crippen LogP contribution in [-0.2, 0) is 0 Å². The second kappa shape index (κ2) is 12.4. The first kappa shape index (κ1) is 31.6. The molecule has 0 saturated heterocycles. The maximum Gasteiger partial charge on any atom is 0.138 e. The predicted molar refractivity (Wildman–Crippen MR) is 238 cm³/mol. The summed E-state index contributed by atoms with van der Waals surface area (Å²) in [5.41, 5.74) is 12.5. The number of fused-ring (bicyclic) bond motifs is 9. The molecule has 0 aliphatic rings. The van der Waals surface area contributed by atoms with Crippen LogP contribution in [0.4, 0.5) is 0 Å². The summed E-state index contributed by atoms with van der Waals surface area (Å²) in [6.07, 6.45) is 2.19. The van der Waals surface area contributed by atoms with Crippen molar-refractivity contribution in [1.29, 1.82) is 0 Å². The molecule has 0 atom stereocenters. The number of aromatic nitrogens is 4. The topological polar surface area (TPSA) is 27.7 Å². The zero-order chi connectivity index (χ0) is 37.5. The van der Waals surface area contributed by atoms with Gasteiger partial charge < -0.3 is 9.13 Å². The zero-order valence-electron chi connectivity index (χ0n) is 30.9. The number of benzene rings is 8. The van der Waals surface area contributed by atoms with Crippen LogP contribution in [0.3, 0.4) is 0 Å². The van der Waals surface area contributed by atoms with Gasteiger partial charge in [0.25, 0.3) is 0 Å². The van der Waals surface area contributed by atoms with Crippen LogP contribution in [0, 0.1) is 0 Å².